The van der Waals surface area contributed by atoms with Crippen LogP contribution in [0.4, 0.5) is 5.69 Å². The predicted octanol–water partition coefficient (Wildman–Crippen LogP) is 6.15. The van der Waals surface area contributed by atoms with E-state index in [1.807, 2.05) is 33.8 Å². The maximum atomic E-state index is 14.3. The normalized spacial score (nSPS) is 12.7. The van der Waals surface area contributed by atoms with Crippen molar-refractivity contribution in [2.75, 3.05) is 25.1 Å². The molecular weight excluding hydrogens is 625 g/mol. The number of ether oxygens (including phenoxy) is 2. The van der Waals surface area contributed by atoms with Gasteiger partial charge in [-0.3, -0.25) is 13.9 Å². The van der Waals surface area contributed by atoms with Crippen LogP contribution in [0.3, 0.4) is 0 Å². The molecule has 0 aliphatic rings. The second-order valence-electron chi connectivity index (χ2n) is 10.6. The average Bonchev–Trinajstić information content (AvgIpc) is 2.97. The number of carbonyl (C=O) groups excluding carboxylic acids is 2. The molecule has 0 saturated carbocycles. The predicted molar refractivity (Wildman–Crippen MR) is 174 cm³/mol. The van der Waals surface area contributed by atoms with Crippen LogP contribution in [0.5, 0.6) is 11.5 Å². The average molecular weight is 665 g/mol. The van der Waals surface area contributed by atoms with Crippen molar-refractivity contribution in [3.05, 3.63) is 81.3 Å². The number of nitrogens with zero attached hydrogens (tertiary/aromatic N) is 2. The van der Waals surface area contributed by atoms with Gasteiger partial charge in [-0.2, -0.15) is 0 Å². The van der Waals surface area contributed by atoms with Crippen LogP contribution in [0.25, 0.3) is 0 Å². The third-order valence-electron chi connectivity index (χ3n) is 7.24. The van der Waals surface area contributed by atoms with E-state index < -0.39 is 28.5 Å². The fraction of sp³-hybridized carbons (Fsp3) is 0.375. The summed E-state index contributed by atoms with van der Waals surface area (Å²) >= 11 is 12.6. The topological polar surface area (TPSA) is 105 Å². The van der Waals surface area contributed by atoms with Gasteiger partial charge < -0.3 is 19.7 Å². The molecule has 2 unspecified atom stereocenters. The smallest absolute Gasteiger partial charge is 0.264 e. The van der Waals surface area contributed by atoms with Gasteiger partial charge in [-0.05, 0) is 87.2 Å². The van der Waals surface area contributed by atoms with Crippen molar-refractivity contribution in [2.24, 2.45) is 0 Å². The number of aryl methyl sites for hydroxylation is 2. The molecule has 0 radical (unpaired) electrons. The monoisotopic (exact) mass is 663 g/mol. The highest BCUT2D eigenvalue weighted by Gasteiger charge is 2.33. The van der Waals surface area contributed by atoms with Gasteiger partial charge in [0.05, 0.1) is 24.8 Å². The molecule has 0 spiro atoms. The molecule has 3 aromatic rings. The summed E-state index contributed by atoms with van der Waals surface area (Å²) in [5.74, 6) is -0.410. The molecule has 9 nitrogen and oxygen atoms in total. The van der Waals surface area contributed by atoms with Crippen molar-refractivity contribution >= 4 is 50.7 Å². The minimum absolute atomic E-state index is 0.0545. The van der Waals surface area contributed by atoms with Gasteiger partial charge in [-0.15, -0.1) is 0 Å². The molecule has 2 amide bonds. The van der Waals surface area contributed by atoms with Gasteiger partial charge in [0, 0.05) is 28.7 Å². The van der Waals surface area contributed by atoms with Crippen molar-refractivity contribution in [3.63, 3.8) is 0 Å². The summed E-state index contributed by atoms with van der Waals surface area (Å²) in [6, 6.07) is 13.3. The van der Waals surface area contributed by atoms with Gasteiger partial charge in [0.25, 0.3) is 10.0 Å². The van der Waals surface area contributed by atoms with Crippen LogP contribution < -0.4 is 19.1 Å². The highest BCUT2D eigenvalue weighted by atomic mass is 35.5. The fourth-order valence-electron chi connectivity index (χ4n) is 4.61. The number of benzene rings is 3. The Morgan fingerprint density at radius 2 is 1.55 bits per heavy atom. The van der Waals surface area contributed by atoms with Gasteiger partial charge in [0.15, 0.2) is 11.5 Å². The zero-order valence-electron chi connectivity index (χ0n) is 26.0. The number of carbonyl (C=O) groups is 2. The summed E-state index contributed by atoms with van der Waals surface area (Å²) in [4.78, 5) is 28.7. The minimum atomic E-state index is -4.32. The van der Waals surface area contributed by atoms with E-state index in [0.717, 1.165) is 15.4 Å². The van der Waals surface area contributed by atoms with E-state index in [1.165, 1.54) is 37.3 Å². The molecule has 1 N–H and O–H groups in total. The van der Waals surface area contributed by atoms with Gasteiger partial charge in [-0.25, -0.2) is 8.42 Å². The van der Waals surface area contributed by atoms with Crippen LogP contribution in [0, 0.1) is 13.8 Å². The molecular formula is C32H39Cl2N3O6S. The number of halogens is 2. The van der Waals surface area contributed by atoms with Crippen LogP contribution >= 0.6 is 23.2 Å². The highest BCUT2D eigenvalue weighted by molar-refractivity contribution is 7.92. The summed E-state index contributed by atoms with van der Waals surface area (Å²) in [5.41, 5.74) is 2.47. The Morgan fingerprint density at radius 3 is 2.11 bits per heavy atom. The van der Waals surface area contributed by atoms with Crippen molar-refractivity contribution in [1.29, 1.82) is 0 Å². The lowest BCUT2D eigenvalue weighted by atomic mass is 10.1. The lowest BCUT2D eigenvalue weighted by Crippen LogP contribution is -2.52. The summed E-state index contributed by atoms with van der Waals surface area (Å²) in [6.45, 7) is 8.44. The zero-order chi connectivity index (χ0) is 32.8. The molecule has 238 valence electrons. The van der Waals surface area contributed by atoms with E-state index >= 15 is 0 Å². The molecule has 0 saturated heterocycles. The Balaban J connectivity index is 2.13. The standard InChI is InChI=1S/C32H39Cl2N3O6S/c1-8-22(4)35-32(39)23(5)36(18-24-9-10-25(33)16-28(24)34)31(38)19-37(26-14-20(2)13-21(3)15-26)44(40,41)27-11-12-29(42-6)30(17-27)43-7/h9-17,22-23H,8,18-19H2,1-7H3,(H,35,39). The molecule has 0 aromatic heterocycles. The molecule has 2 atom stereocenters. The van der Waals surface area contributed by atoms with E-state index in [4.69, 9.17) is 32.7 Å². The highest BCUT2D eigenvalue weighted by Crippen LogP contribution is 2.33. The van der Waals surface area contributed by atoms with Gasteiger partial charge >= 0.3 is 0 Å². The third-order valence-corrected chi connectivity index (χ3v) is 9.60. The van der Waals surface area contributed by atoms with Crippen molar-refractivity contribution in [3.8, 4) is 11.5 Å². The lowest BCUT2D eigenvalue weighted by molar-refractivity contribution is -0.139. The van der Waals surface area contributed by atoms with E-state index in [1.54, 1.807) is 37.3 Å². The molecule has 12 heteroatoms. The second kappa shape index (κ2) is 15.0. The maximum Gasteiger partial charge on any atom is 0.264 e. The molecule has 0 bridgehead atoms. The molecule has 0 aliphatic heterocycles. The minimum Gasteiger partial charge on any atom is -0.493 e. The molecule has 3 aromatic carbocycles. The first-order valence-corrected chi connectivity index (χ1v) is 16.3. The zero-order valence-corrected chi connectivity index (χ0v) is 28.3. The van der Waals surface area contributed by atoms with Gasteiger partial charge in [0.1, 0.15) is 12.6 Å². The van der Waals surface area contributed by atoms with E-state index in [0.29, 0.717) is 33.5 Å². The second-order valence-corrected chi connectivity index (χ2v) is 13.3. The molecule has 44 heavy (non-hydrogen) atoms. The number of rotatable bonds is 13. The van der Waals surface area contributed by atoms with Crippen LogP contribution in [0.2, 0.25) is 10.0 Å². The molecule has 0 heterocycles. The summed E-state index contributed by atoms with van der Waals surface area (Å²) < 4.78 is 40.2. The summed E-state index contributed by atoms with van der Waals surface area (Å²) in [7, 11) is -1.46. The quantitative estimate of drug-likeness (QED) is 0.235. The Hall–Kier alpha value is -3.47. The number of hydrogen-bond donors (Lipinski definition) is 1. The number of sulfonamides is 1. The maximum absolute atomic E-state index is 14.3. The van der Waals surface area contributed by atoms with Crippen molar-refractivity contribution < 1.29 is 27.5 Å². The third kappa shape index (κ3) is 8.37. The Kier molecular flexibility index (Phi) is 11.9. The van der Waals surface area contributed by atoms with Crippen LogP contribution in [0.15, 0.2) is 59.5 Å². The Labute approximate surface area is 270 Å². The van der Waals surface area contributed by atoms with Crippen molar-refractivity contribution in [2.45, 2.75) is 64.6 Å². The number of anilines is 1. The van der Waals surface area contributed by atoms with Gasteiger partial charge in [-0.1, -0.05) is 42.3 Å². The summed E-state index contributed by atoms with van der Waals surface area (Å²) in [5, 5.41) is 3.64. The van der Waals surface area contributed by atoms with E-state index in [2.05, 4.69) is 5.32 Å². The van der Waals surface area contributed by atoms with Crippen LogP contribution in [0.1, 0.15) is 43.9 Å². The number of methoxy groups -OCH3 is 2. The number of hydrogen-bond acceptors (Lipinski definition) is 6. The number of amides is 2. The molecule has 3 rings (SSSR count). The first kappa shape index (κ1) is 35.0. The van der Waals surface area contributed by atoms with E-state index in [9.17, 15) is 18.0 Å². The van der Waals surface area contributed by atoms with Crippen LogP contribution in [-0.2, 0) is 26.2 Å². The summed E-state index contributed by atoms with van der Waals surface area (Å²) in [6.07, 6.45) is 0.694. The largest absolute Gasteiger partial charge is 0.493 e. The Morgan fingerprint density at radius 1 is 0.909 bits per heavy atom. The molecule has 0 aliphatic carbocycles. The first-order valence-electron chi connectivity index (χ1n) is 14.1. The van der Waals surface area contributed by atoms with Crippen LogP contribution in [-0.4, -0.2) is 58.0 Å². The first-order chi connectivity index (χ1) is 20.7. The lowest BCUT2D eigenvalue weighted by Gasteiger charge is -2.33. The SMILES string of the molecule is CCC(C)NC(=O)C(C)N(Cc1ccc(Cl)cc1Cl)C(=O)CN(c1cc(C)cc(C)c1)S(=O)(=O)c1ccc(OC)c(OC)c1. The van der Waals surface area contributed by atoms with E-state index in [-0.39, 0.29) is 29.1 Å². The Bertz CT molecular complexity index is 1600. The van der Waals surface area contributed by atoms with Gasteiger partial charge in [0.2, 0.25) is 11.8 Å². The van der Waals surface area contributed by atoms with Crippen molar-refractivity contribution in [1.82, 2.24) is 10.2 Å². The molecule has 0 fully saturated rings. The fourth-order valence-corrected chi connectivity index (χ4v) is 6.49. The number of nitrogens with one attached hydrogen (secondary N) is 1.